The molecule has 2 aromatic rings. The topological polar surface area (TPSA) is 64.4 Å². The summed E-state index contributed by atoms with van der Waals surface area (Å²) in [5.41, 5.74) is 0.977. The van der Waals surface area contributed by atoms with Crippen molar-refractivity contribution < 1.29 is 18.7 Å². The van der Waals surface area contributed by atoms with Crippen molar-refractivity contribution in [2.24, 2.45) is 0 Å². The van der Waals surface area contributed by atoms with E-state index < -0.39 is 5.97 Å². The maximum atomic E-state index is 13.1. The molecule has 0 unspecified atom stereocenters. The first-order chi connectivity index (χ1) is 13.3. The Morgan fingerprint density at radius 3 is 2.43 bits per heavy atom. The minimum Gasteiger partial charge on any atom is -0.452 e. The van der Waals surface area contributed by atoms with Crippen molar-refractivity contribution in [1.82, 2.24) is 14.7 Å². The minimum atomic E-state index is -0.707. The third-order valence-corrected chi connectivity index (χ3v) is 5.44. The van der Waals surface area contributed by atoms with Gasteiger partial charge >= 0.3 is 5.97 Å². The van der Waals surface area contributed by atoms with E-state index in [-0.39, 0.29) is 41.1 Å². The number of hydrogen-bond donors (Lipinski definition) is 0. The van der Waals surface area contributed by atoms with Crippen molar-refractivity contribution in [2.45, 2.75) is 52.1 Å². The molecule has 1 aliphatic heterocycles. The first-order valence-corrected chi connectivity index (χ1v) is 9.66. The molecule has 1 fully saturated rings. The quantitative estimate of drug-likeness (QED) is 0.720. The van der Waals surface area contributed by atoms with Gasteiger partial charge in [0.1, 0.15) is 16.5 Å². The van der Waals surface area contributed by atoms with Gasteiger partial charge in [-0.05, 0) is 64.3 Å². The standard InChI is InChI=1S/C20H23ClFN3O3/c1-12-5-4-6-13(2)24(12)17(26)11-28-20(27)18-14(3)23-25(19(18)21)16-9-7-15(22)8-10-16/h7-10,12-13H,4-6,11H2,1-3H3/t12-,13+. The number of hydrogen-bond acceptors (Lipinski definition) is 4. The summed E-state index contributed by atoms with van der Waals surface area (Å²) in [5, 5.41) is 4.30. The summed E-state index contributed by atoms with van der Waals surface area (Å²) >= 11 is 6.32. The number of ether oxygens (including phenoxy) is 1. The van der Waals surface area contributed by atoms with E-state index in [1.54, 1.807) is 11.8 Å². The lowest BCUT2D eigenvalue weighted by Crippen LogP contribution is -2.49. The predicted molar refractivity (Wildman–Crippen MR) is 103 cm³/mol. The fourth-order valence-electron chi connectivity index (χ4n) is 3.67. The van der Waals surface area contributed by atoms with Crippen LogP contribution in [0.4, 0.5) is 4.39 Å². The molecule has 3 rings (SSSR count). The lowest BCUT2D eigenvalue weighted by molar-refractivity contribution is -0.140. The van der Waals surface area contributed by atoms with E-state index in [1.165, 1.54) is 28.9 Å². The van der Waals surface area contributed by atoms with Crippen LogP contribution in [-0.4, -0.2) is 45.2 Å². The Bertz CT molecular complexity index is 872. The Hall–Kier alpha value is -2.41. The lowest BCUT2D eigenvalue weighted by Gasteiger charge is -2.38. The number of aromatic nitrogens is 2. The fourth-order valence-corrected chi connectivity index (χ4v) is 4.02. The van der Waals surface area contributed by atoms with Crippen LogP contribution in [0.25, 0.3) is 5.69 Å². The van der Waals surface area contributed by atoms with Crippen LogP contribution in [-0.2, 0) is 9.53 Å². The normalized spacial score (nSPS) is 19.5. The molecular weight excluding hydrogens is 385 g/mol. The minimum absolute atomic E-state index is 0.0567. The molecule has 150 valence electrons. The van der Waals surface area contributed by atoms with Gasteiger partial charge < -0.3 is 9.64 Å². The van der Waals surface area contributed by atoms with Crippen LogP contribution in [0.1, 0.15) is 49.2 Å². The second-order valence-electron chi connectivity index (χ2n) is 7.15. The van der Waals surface area contributed by atoms with Crippen LogP contribution in [0.2, 0.25) is 5.15 Å². The molecule has 28 heavy (non-hydrogen) atoms. The highest BCUT2D eigenvalue weighted by Crippen LogP contribution is 2.25. The summed E-state index contributed by atoms with van der Waals surface area (Å²) in [6.07, 6.45) is 2.97. The maximum absolute atomic E-state index is 13.1. The molecule has 1 saturated heterocycles. The maximum Gasteiger partial charge on any atom is 0.343 e. The number of likely N-dealkylation sites (tertiary alicyclic amines) is 1. The largest absolute Gasteiger partial charge is 0.452 e. The molecule has 1 amide bonds. The van der Waals surface area contributed by atoms with Gasteiger partial charge in [0.15, 0.2) is 6.61 Å². The molecule has 8 heteroatoms. The molecule has 2 heterocycles. The first-order valence-electron chi connectivity index (χ1n) is 9.29. The molecule has 6 nitrogen and oxygen atoms in total. The van der Waals surface area contributed by atoms with Gasteiger partial charge in [0.05, 0.1) is 11.4 Å². The van der Waals surface area contributed by atoms with Gasteiger partial charge in [-0.3, -0.25) is 4.79 Å². The summed E-state index contributed by atoms with van der Waals surface area (Å²) in [6, 6.07) is 5.82. The predicted octanol–water partition coefficient (Wildman–Crippen LogP) is 3.92. The summed E-state index contributed by atoms with van der Waals surface area (Å²) in [4.78, 5) is 26.9. The highest BCUT2D eigenvalue weighted by molar-refractivity contribution is 6.33. The van der Waals surface area contributed by atoms with Crippen molar-refractivity contribution in [2.75, 3.05) is 6.61 Å². The number of nitrogens with zero attached hydrogens (tertiary/aromatic N) is 3. The molecule has 0 N–H and O–H groups in total. The third kappa shape index (κ3) is 4.04. The van der Waals surface area contributed by atoms with Crippen molar-refractivity contribution in [3.8, 4) is 5.69 Å². The number of aryl methyl sites for hydroxylation is 1. The summed E-state index contributed by atoms with van der Waals surface area (Å²) in [7, 11) is 0. The highest BCUT2D eigenvalue weighted by Gasteiger charge is 2.30. The number of carbonyl (C=O) groups is 2. The Labute approximate surface area is 168 Å². The van der Waals surface area contributed by atoms with E-state index in [2.05, 4.69) is 5.10 Å². The molecule has 0 bridgehead atoms. The zero-order valence-corrected chi connectivity index (χ0v) is 16.9. The van der Waals surface area contributed by atoms with Gasteiger partial charge in [-0.15, -0.1) is 0 Å². The van der Waals surface area contributed by atoms with Crippen molar-refractivity contribution in [3.63, 3.8) is 0 Å². The van der Waals surface area contributed by atoms with Crippen LogP contribution >= 0.6 is 11.6 Å². The third-order valence-electron chi connectivity index (χ3n) is 5.09. The summed E-state index contributed by atoms with van der Waals surface area (Å²) in [6.45, 7) is 5.29. The Kier molecular flexibility index (Phi) is 6.03. The number of amides is 1. The number of halogens is 2. The van der Waals surface area contributed by atoms with Crippen LogP contribution in [0.5, 0.6) is 0 Å². The van der Waals surface area contributed by atoms with Crippen LogP contribution in [0.3, 0.4) is 0 Å². The van der Waals surface area contributed by atoms with Gasteiger partial charge in [0, 0.05) is 12.1 Å². The van der Waals surface area contributed by atoms with Crippen LogP contribution in [0.15, 0.2) is 24.3 Å². The van der Waals surface area contributed by atoms with Crippen LogP contribution in [0, 0.1) is 12.7 Å². The van der Waals surface area contributed by atoms with Crippen molar-refractivity contribution in [3.05, 3.63) is 46.5 Å². The van der Waals surface area contributed by atoms with Gasteiger partial charge in [-0.1, -0.05) is 11.6 Å². The average molecular weight is 408 g/mol. The lowest BCUT2D eigenvalue weighted by atomic mass is 9.97. The van der Waals surface area contributed by atoms with Gasteiger partial charge in [0.2, 0.25) is 0 Å². The first kappa shape index (κ1) is 20.3. The second-order valence-corrected chi connectivity index (χ2v) is 7.50. The molecule has 0 radical (unpaired) electrons. The zero-order valence-electron chi connectivity index (χ0n) is 16.1. The summed E-state index contributed by atoms with van der Waals surface area (Å²) in [5.74, 6) is -1.31. The van der Waals surface area contributed by atoms with E-state index in [9.17, 15) is 14.0 Å². The fraction of sp³-hybridized carbons (Fsp3) is 0.450. The Balaban J connectivity index is 1.72. The monoisotopic (exact) mass is 407 g/mol. The highest BCUT2D eigenvalue weighted by atomic mass is 35.5. The molecule has 0 spiro atoms. The van der Waals surface area contributed by atoms with E-state index >= 15 is 0 Å². The molecule has 1 aromatic heterocycles. The van der Waals surface area contributed by atoms with Crippen LogP contribution < -0.4 is 0 Å². The molecule has 0 aliphatic carbocycles. The SMILES string of the molecule is Cc1nn(-c2ccc(F)cc2)c(Cl)c1C(=O)OCC(=O)N1[C@H](C)CCC[C@@H]1C. The number of benzene rings is 1. The number of carbonyl (C=O) groups excluding carboxylic acids is 2. The van der Waals surface area contributed by atoms with E-state index in [1.807, 2.05) is 13.8 Å². The van der Waals surface area contributed by atoms with Crippen molar-refractivity contribution >= 4 is 23.5 Å². The average Bonchev–Trinajstić information content (AvgIpc) is 2.94. The Morgan fingerprint density at radius 2 is 1.82 bits per heavy atom. The zero-order chi connectivity index (χ0) is 20.4. The van der Waals surface area contributed by atoms with E-state index in [4.69, 9.17) is 16.3 Å². The Morgan fingerprint density at radius 1 is 1.21 bits per heavy atom. The van der Waals surface area contributed by atoms with Gasteiger partial charge in [0.25, 0.3) is 5.91 Å². The molecule has 1 aromatic carbocycles. The smallest absolute Gasteiger partial charge is 0.343 e. The molecule has 2 atom stereocenters. The number of esters is 1. The molecular formula is C20H23ClFN3O3. The number of piperidine rings is 1. The van der Waals surface area contributed by atoms with Gasteiger partial charge in [-0.2, -0.15) is 5.10 Å². The molecule has 0 saturated carbocycles. The second kappa shape index (κ2) is 8.31. The number of rotatable bonds is 4. The van der Waals surface area contributed by atoms with E-state index in [0.717, 1.165) is 19.3 Å². The van der Waals surface area contributed by atoms with Crippen molar-refractivity contribution in [1.29, 1.82) is 0 Å². The summed E-state index contributed by atoms with van der Waals surface area (Å²) < 4.78 is 19.7. The van der Waals surface area contributed by atoms with Gasteiger partial charge in [-0.25, -0.2) is 13.9 Å². The molecule has 1 aliphatic rings. The van der Waals surface area contributed by atoms with E-state index in [0.29, 0.717) is 11.4 Å².